The lowest BCUT2D eigenvalue weighted by Gasteiger charge is -2.22. The number of rotatable bonds is 1. The highest BCUT2D eigenvalue weighted by Crippen LogP contribution is 2.26. The summed E-state index contributed by atoms with van der Waals surface area (Å²) < 4.78 is 13.5. The Morgan fingerprint density at radius 3 is 2.38 bits per heavy atom. The highest BCUT2D eigenvalue weighted by atomic mass is 79.9. The van der Waals surface area contributed by atoms with Crippen molar-refractivity contribution in [1.29, 1.82) is 0 Å². The van der Waals surface area contributed by atoms with E-state index in [9.17, 15) is 4.39 Å². The molecule has 0 saturated heterocycles. The normalized spacial score (nSPS) is 11.8. The minimum absolute atomic E-state index is 0.245. The topological polar surface area (TPSA) is 26.0 Å². The van der Waals surface area contributed by atoms with Crippen LogP contribution in [0.15, 0.2) is 16.6 Å². The first-order valence-corrected chi connectivity index (χ1v) is 4.86. The molecule has 0 aliphatic rings. The summed E-state index contributed by atoms with van der Waals surface area (Å²) >= 11 is 3.14. The fraction of sp³-hybridized carbons (Fsp3) is 0.400. The molecule has 1 aromatic carbocycles. The van der Waals surface area contributed by atoms with Crippen LogP contribution in [0.5, 0.6) is 0 Å². The van der Waals surface area contributed by atoms with E-state index < -0.39 is 5.54 Å². The minimum atomic E-state index is -0.430. The molecule has 3 heteroatoms. The largest absolute Gasteiger partial charge is 0.322 e. The second kappa shape index (κ2) is 3.39. The lowest BCUT2D eigenvalue weighted by atomic mass is 9.92. The second-order valence-corrected chi connectivity index (χ2v) is 4.66. The predicted molar refractivity (Wildman–Crippen MR) is 56.1 cm³/mol. The van der Waals surface area contributed by atoms with Gasteiger partial charge in [0, 0.05) is 5.54 Å². The Morgan fingerprint density at radius 1 is 1.38 bits per heavy atom. The van der Waals surface area contributed by atoms with Crippen molar-refractivity contribution < 1.29 is 4.39 Å². The third-order valence-electron chi connectivity index (χ3n) is 1.96. The smallest absolute Gasteiger partial charge is 0.137 e. The zero-order valence-electron chi connectivity index (χ0n) is 7.99. The molecular weight excluding hydrogens is 233 g/mol. The van der Waals surface area contributed by atoms with Gasteiger partial charge in [0.15, 0.2) is 0 Å². The summed E-state index contributed by atoms with van der Waals surface area (Å²) in [6.45, 7) is 5.67. The van der Waals surface area contributed by atoms with Crippen LogP contribution in [0, 0.1) is 12.7 Å². The Bertz CT molecular complexity index is 328. The van der Waals surface area contributed by atoms with Crippen molar-refractivity contribution in [1.82, 2.24) is 0 Å². The van der Waals surface area contributed by atoms with Gasteiger partial charge in [0.2, 0.25) is 0 Å². The molecule has 0 unspecified atom stereocenters. The molecule has 2 N–H and O–H groups in total. The van der Waals surface area contributed by atoms with E-state index in [1.54, 1.807) is 6.07 Å². The first-order chi connectivity index (χ1) is 5.82. The van der Waals surface area contributed by atoms with E-state index in [2.05, 4.69) is 15.9 Å². The summed E-state index contributed by atoms with van der Waals surface area (Å²) in [4.78, 5) is 0. The van der Waals surface area contributed by atoms with Gasteiger partial charge in [-0.1, -0.05) is 0 Å². The zero-order chi connectivity index (χ0) is 10.2. The average Bonchev–Trinajstić information content (AvgIpc) is 1.94. The summed E-state index contributed by atoms with van der Waals surface area (Å²) in [6, 6.07) is 3.23. The van der Waals surface area contributed by atoms with Crippen LogP contribution >= 0.6 is 15.9 Å². The van der Waals surface area contributed by atoms with Crippen LogP contribution in [0.1, 0.15) is 25.0 Å². The van der Waals surface area contributed by atoms with Crippen LogP contribution in [0.3, 0.4) is 0 Å². The Hall–Kier alpha value is -0.410. The van der Waals surface area contributed by atoms with E-state index in [1.165, 1.54) is 6.07 Å². The molecule has 0 spiro atoms. The zero-order valence-corrected chi connectivity index (χ0v) is 9.57. The fourth-order valence-corrected chi connectivity index (χ4v) is 1.68. The molecule has 1 nitrogen and oxygen atoms in total. The van der Waals surface area contributed by atoms with E-state index in [4.69, 9.17) is 5.73 Å². The Morgan fingerprint density at radius 2 is 1.92 bits per heavy atom. The molecule has 0 aliphatic heterocycles. The van der Waals surface area contributed by atoms with Crippen LogP contribution in [-0.2, 0) is 5.54 Å². The van der Waals surface area contributed by atoms with Crippen LogP contribution in [-0.4, -0.2) is 0 Å². The molecule has 1 rings (SSSR count). The molecule has 0 amide bonds. The van der Waals surface area contributed by atoms with Crippen molar-refractivity contribution in [2.45, 2.75) is 26.3 Å². The molecule has 0 radical (unpaired) electrons. The predicted octanol–water partition coefficient (Wildman–Crippen LogP) is 3.09. The summed E-state index contributed by atoms with van der Waals surface area (Å²) in [5.74, 6) is -0.245. The molecule has 0 aliphatic carbocycles. The van der Waals surface area contributed by atoms with Gasteiger partial charge in [0.05, 0.1) is 4.47 Å². The van der Waals surface area contributed by atoms with Gasteiger partial charge in [-0.15, -0.1) is 0 Å². The van der Waals surface area contributed by atoms with Gasteiger partial charge in [0.1, 0.15) is 5.82 Å². The van der Waals surface area contributed by atoms with Crippen molar-refractivity contribution in [3.8, 4) is 0 Å². The Kier molecular flexibility index (Phi) is 2.78. The van der Waals surface area contributed by atoms with Crippen molar-refractivity contribution in [2.24, 2.45) is 5.73 Å². The number of benzene rings is 1. The lowest BCUT2D eigenvalue weighted by Crippen LogP contribution is -2.29. The molecule has 13 heavy (non-hydrogen) atoms. The first-order valence-electron chi connectivity index (χ1n) is 4.07. The Balaban J connectivity index is 3.32. The first kappa shape index (κ1) is 10.7. The third-order valence-corrected chi connectivity index (χ3v) is 2.57. The number of hydrogen-bond donors (Lipinski definition) is 1. The standard InChI is InChI=1S/C10H13BrFN/c1-6-4-9(12)8(11)5-7(6)10(2,3)13/h4-5H,13H2,1-3H3. The van der Waals surface area contributed by atoms with Crippen molar-refractivity contribution >= 4 is 15.9 Å². The molecule has 0 atom stereocenters. The Labute approximate surface area is 86.3 Å². The van der Waals surface area contributed by atoms with E-state index >= 15 is 0 Å². The van der Waals surface area contributed by atoms with Gasteiger partial charge in [-0.2, -0.15) is 0 Å². The van der Waals surface area contributed by atoms with Gasteiger partial charge in [0.25, 0.3) is 0 Å². The van der Waals surface area contributed by atoms with Gasteiger partial charge < -0.3 is 5.73 Å². The SMILES string of the molecule is Cc1cc(F)c(Br)cc1C(C)(C)N. The van der Waals surface area contributed by atoms with Gasteiger partial charge >= 0.3 is 0 Å². The van der Waals surface area contributed by atoms with Crippen LogP contribution < -0.4 is 5.73 Å². The summed E-state index contributed by atoms with van der Waals surface area (Å²) in [7, 11) is 0. The summed E-state index contributed by atoms with van der Waals surface area (Å²) in [5.41, 5.74) is 7.34. The maximum Gasteiger partial charge on any atom is 0.137 e. The van der Waals surface area contributed by atoms with E-state index in [1.807, 2.05) is 20.8 Å². The molecule has 72 valence electrons. The summed E-state index contributed by atoms with van der Waals surface area (Å²) in [5, 5.41) is 0. The number of aryl methyl sites for hydroxylation is 1. The monoisotopic (exact) mass is 245 g/mol. The summed E-state index contributed by atoms with van der Waals surface area (Å²) in [6.07, 6.45) is 0. The molecule has 0 bridgehead atoms. The van der Waals surface area contributed by atoms with Crippen molar-refractivity contribution in [2.75, 3.05) is 0 Å². The number of halogens is 2. The molecule has 0 heterocycles. The third kappa shape index (κ3) is 2.29. The van der Waals surface area contributed by atoms with Gasteiger partial charge in [-0.3, -0.25) is 0 Å². The minimum Gasteiger partial charge on any atom is -0.322 e. The van der Waals surface area contributed by atoms with E-state index in [0.29, 0.717) is 4.47 Å². The van der Waals surface area contributed by atoms with Crippen LogP contribution in [0.4, 0.5) is 4.39 Å². The van der Waals surface area contributed by atoms with Gasteiger partial charge in [-0.05, 0) is 60.0 Å². The highest BCUT2D eigenvalue weighted by molar-refractivity contribution is 9.10. The molecular formula is C10H13BrFN. The van der Waals surface area contributed by atoms with E-state index in [-0.39, 0.29) is 5.82 Å². The number of nitrogens with two attached hydrogens (primary N) is 1. The van der Waals surface area contributed by atoms with E-state index in [0.717, 1.165) is 11.1 Å². The van der Waals surface area contributed by atoms with Gasteiger partial charge in [-0.25, -0.2) is 4.39 Å². The molecule has 0 saturated carbocycles. The quantitative estimate of drug-likeness (QED) is 0.809. The van der Waals surface area contributed by atoms with Crippen molar-refractivity contribution in [3.63, 3.8) is 0 Å². The van der Waals surface area contributed by atoms with Crippen LogP contribution in [0.2, 0.25) is 0 Å². The maximum absolute atomic E-state index is 13.1. The fourth-order valence-electron chi connectivity index (χ4n) is 1.34. The highest BCUT2D eigenvalue weighted by Gasteiger charge is 2.18. The lowest BCUT2D eigenvalue weighted by molar-refractivity contribution is 0.545. The molecule has 0 fully saturated rings. The van der Waals surface area contributed by atoms with Crippen molar-refractivity contribution in [3.05, 3.63) is 33.5 Å². The second-order valence-electron chi connectivity index (χ2n) is 3.80. The maximum atomic E-state index is 13.1. The average molecular weight is 246 g/mol. The molecule has 0 aromatic heterocycles. The number of hydrogen-bond acceptors (Lipinski definition) is 1. The van der Waals surface area contributed by atoms with Crippen LogP contribution in [0.25, 0.3) is 0 Å². The molecule has 1 aromatic rings.